The van der Waals surface area contributed by atoms with Gasteiger partial charge >= 0.3 is 0 Å². The number of ether oxygens (including phenoxy) is 1. The number of carbonyl (C=O) groups is 1. The molecule has 0 bridgehead atoms. The molecule has 25 heavy (non-hydrogen) atoms. The van der Waals surface area contributed by atoms with Gasteiger partial charge in [-0.1, -0.05) is 12.1 Å². The molecule has 0 radical (unpaired) electrons. The van der Waals surface area contributed by atoms with Gasteiger partial charge in [-0.05, 0) is 49.7 Å². The van der Waals surface area contributed by atoms with E-state index >= 15 is 0 Å². The van der Waals surface area contributed by atoms with Gasteiger partial charge < -0.3 is 9.64 Å². The summed E-state index contributed by atoms with van der Waals surface area (Å²) in [6, 6.07) is 3.33. The maximum absolute atomic E-state index is 14.2. The fourth-order valence-electron chi connectivity index (χ4n) is 4.47. The van der Waals surface area contributed by atoms with Crippen LogP contribution in [-0.4, -0.2) is 42.8 Å². The minimum absolute atomic E-state index is 0.0151. The van der Waals surface area contributed by atoms with Crippen LogP contribution in [0.25, 0.3) is 0 Å². The van der Waals surface area contributed by atoms with Crippen molar-refractivity contribution in [1.29, 1.82) is 0 Å². The molecular weight excluding hydrogens is 326 g/mol. The van der Waals surface area contributed by atoms with Crippen molar-refractivity contribution in [3.05, 3.63) is 34.9 Å². The van der Waals surface area contributed by atoms with E-state index < -0.39 is 11.6 Å². The van der Waals surface area contributed by atoms with Crippen molar-refractivity contribution in [2.24, 2.45) is 5.92 Å². The highest BCUT2D eigenvalue weighted by atomic mass is 19.2. The average molecular weight is 350 g/mol. The molecule has 2 saturated heterocycles. The van der Waals surface area contributed by atoms with Crippen LogP contribution in [0.1, 0.15) is 42.7 Å². The molecule has 0 unspecified atom stereocenters. The summed E-state index contributed by atoms with van der Waals surface area (Å²) >= 11 is 0. The summed E-state index contributed by atoms with van der Waals surface area (Å²) in [6.07, 6.45) is 3.04. The van der Waals surface area contributed by atoms with E-state index in [1.54, 1.807) is 19.1 Å². The third-order valence-corrected chi connectivity index (χ3v) is 6.10. The largest absolute Gasteiger partial charge is 0.364 e. The number of nitrogens with one attached hydrogen (secondary N) is 1. The maximum Gasteiger partial charge on any atom is 0.225 e. The summed E-state index contributed by atoms with van der Waals surface area (Å²) in [4.78, 5) is 14.5. The van der Waals surface area contributed by atoms with Gasteiger partial charge in [-0.3, -0.25) is 10.1 Å². The molecule has 4 rings (SSSR count). The van der Waals surface area contributed by atoms with E-state index in [9.17, 15) is 13.6 Å². The van der Waals surface area contributed by atoms with Crippen molar-refractivity contribution in [3.8, 4) is 0 Å². The molecule has 6 heteroatoms. The second kappa shape index (κ2) is 6.32. The number of nitrogens with zero attached hydrogens (tertiary/aromatic N) is 1. The predicted octanol–water partition coefficient (Wildman–Crippen LogP) is 2.71. The number of amides is 1. The van der Waals surface area contributed by atoms with E-state index in [0.29, 0.717) is 50.4 Å². The number of likely N-dealkylation sites (tertiary alicyclic amines) is 1. The molecule has 2 aliphatic heterocycles. The minimum atomic E-state index is -0.748. The van der Waals surface area contributed by atoms with Gasteiger partial charge in [0.15, 0.2) is 11.6 Å². The third kappa shape index (κ3) is 2.95. The Balaban J connectivity index is 1.34. The van der Waals surface area contributed by atoms with Crippen LogP contribution >= 0.6 is 0 Å². The van der Waals surface area contributed by atoms with Gasteiger partial charge in [0.25, 0.3) is 0 Å². The van der Waals surface area contributed by atoms with E-state index in [4.69, 9.17) is 4.74 Å². The minimum Gasteiger partial charge on any atom is -0.364 e. The molecule has 0 aromatic heterocycles. The van der Waals surface area contributed by atoms with Crippen LogP contribution in [-0.2, 0) is 9.53 Å². The molecule has 4 nitrogen and oxygen atoms in total. The van der Waals surface area contributed by atoms with Crippen LogP contribution in [0, 0.1) is 24.5 Å². The molecule has 1 N–H and O–H groups in total. The first-order valence-corrected chi connectivity index (χ1v) is 9.05. The van der Waals surface area contributed by atoms with Crippen molar-refractivity contribution in [2.45, 2.75) is 44.1 Å². The number of benzene rings is 1. The van der Waals surface area contributed by atoms with E-state index in [1.807, 2.05) is 4.90 Å². The van der Waals surface area contributed by atoms with Gasteiger partial charge in [0.05, 0.1) is 13.3 Å². The van der Waals surface area contributed by atoms with Crippen molar-refractivity contribution in [3.63, 3.8) is 0 Å². The highest BCUT2D eigenvalue weighted by molar-refractivity contribution is 5.80. The highest BCUT2D eigenvalue weighted by Gasteiger charge is 2.50. The molecule has 2 heterocycles. The number of aryl methyl sites for hydroxylation is 1. The monoisotopic (exact) mass is 350 g/mol. The molecule has 3 fully saturated rings. The Morgan fingerprint density at radius 2 is 1.96 bits per heavy atom. The van der Waals surface area contributed by atoms with Crippen molar-refractivity contribution in [2.75, 3.05) is 26.4 Å². The van der Waals surface area contributed by atoms with Crippen LogP contribution in [0.5, 0.6) is 0 Å². The van der Waals surface area contributed by atoms with Gasteiger partial charge in [0, 0.05) is 24.5 Å². The first-order chi connectivity index (χ1) is 12.0. The van der Waals surface area contributed by atoms with E-state index in [0.717, 1.165) is 12.8 Å². The van der Waals surface area contributed by atoms with Crippen LogP contribution in [0.2, 0.25) is 0 Å². The quantitative estimate of drug-likeness (QED) is 0.892. The molecule has 1 saturated carbocycles. The lowest BCUT2D eigenvalue weighted by Crippen LogP contribution is -2.58. The van der Waals surface area contributed by atoms with Crippen molar-refractivity contribution < 1.29 is 18.3 Å². The lowest BCUT2D eigenvalue weighted by molar-refractivity contribution is -0.142. The van der Waals surface area contributed by atoms with E-state index in [1.165, 1.54) is 0 Å². The van der Waals surface area contributed by atoms with Gasteiger partial charge in [-0.25, -0.2) is 8.78 Å². The van der Waals surface area contributed by atoms with E-state index in [-0.39, 0.29) is 23.3 Å². The van der Waals surface area contributed by atoms with Gasteiger partial charge in [0.1, 0.15) is 0 Å². The standard InChI is InChI=1S/C19H24F2N2O2/c1-12-2-3-15(17(21)16(12)20)13-4-6-23(7-5-13)18(24)14-8-19(9-14)10-25-11-22-19/h2-3,13-14,22H,4-11H2,1H3. The van der Waals surface area contributed by atoms with Gasteiger partial charge in [-0.2, -0.15) is 0 Å². The Morgan fingerprint density at radius 3 is 2.60 bits per heavy atom. The molecule has 0 atom stereocenters. The van der Waals surface area contributed by atoms with Gasteiger partial charge in [0.2, 0.25) is 5.91 Å². The summed E-state index contributed by atoms with van der Waals surface area (Å²) in [5, 5.41) is 3.33. The number of piperidine rings is 1. The number of carbonyl (C=O) groups excluding carboxylic acids is 1. The molecule has 3 aliphatic rings. The summed E-state index contributed by atoms with van der Waals surface area (Å²) in [5.74, 6) is -1.22. The van der Waals surface area contributed by atoms with Crippen LogP contribution < -0.4 is 5.32 Å². The Hall–Kier alpha value is -1.53. The normalized spacial score (nSPS) is 29.9. The topological polar surface area (TPSA) is 41.6 Å². The molecule has 136 valence electrons. The smallest absolute Gasteiger partial charge is 0.225 e. The van der Waals surface area contributed by atoms with Crippen LogP contribution in [0.15, 0.2) is 12.1 Å². The Morgan fingerprint density at radius 1 is 1.24 bits per heavy atom. The van der Waals surface area contributed by atoms with Crippen LogP contribution in [0.4, 0.5) is 8.78 Å². The Labute approximate surface area is 146 Å². The van der Waals surface area contributed by atoms with Crippen LogP contribution in [0.3, 0.4) is 0 Å². The molecule has 1 aromatic rings. The number of rotatable bonds is 2. The second-order valence-corrected chi connectivity index (χ2v) is 7.75. The SMILES string of the molecule is Cc1ccc(C2CCN(C(=O)C3CC4(COCN4)C3)CC2)c(F)c1F. The number of hydrogen-bond acceptors (Lipinski definition) is 3. The fourth-order valence-corrected chi connectivity index (χ4v) is 4.47. The summed E-state index contributed by atoms with van der Waals surface area (Å²) in [5.41, 5.74) is 0.795. The zero-order valence-corrected chi connectivity index (χ0v) is 14.5. The molecular formula is C19H24F2N2O2. The zero-order valence-electron chi connectivity index (χ0n) is 14.5. The lowest BCUT2D eigenvalue weighted by Gasteiger charge is -2.45. The Bertz CT molecular complexity index is 672. The van der Waals surface area contributed by atoms with Gasteiger partial charge in [-0.15, -0.1) is 0 Å². The van der Waals surface area contributed by atoms with Crippen molar-refractivity contribution in [1.82, 2.24) is 10.2 Å². The molecule has 1 spiro atoms. The summed E-state index contributed by atoms with van der Waals surface area (Å²) in [6.45, 7) is 4.07. The number of hydrogen-bond donors (Lipinski definition) is 1. The third-order valence-electron chi connectivity index (χ3n) is 6.10. The zero-order chi connectivity index (χ0) is 17.6. The summed E-state index contributed by atoms with van der Waals surface area (Å²) in [7, 11) is 0. The molecule has 1 aromatic carbocycles. The van der Waals surface area contributed by atoms with Crippen molar-refractivity contribution >= 4 is 5.91 Å². The predicted molar refractivity (Wildman–Crippen MR) is 89.1 cm³/mol. The molecule has 1 aliphatic carbocycles. The first kappa shape index (κ1) is 16.9. The highest BCUT2D eigenvalue weighted by Crippen LogP contribution is 2.42. The Kier molecular flexibility index (Phi) is 4.28. The van der Waals surface area contributed by atoms with E-state index in [2.05, 4.69) is 5.32 Å². The first-order valence-electron chi connectivity index (χ1n) is 9.05. The maximum atomic E-state index is 14.2. The molecule has 1 amide bonds. The average Bonchev–Trinajstić information content (AvgIpc) is 3.08. The second-order valence-electron chi connectivity index (χ2n) is 7.75. The summed E-state index contributed by atoms with van der Waals surface area (Å²) < 4.78 is 33.4. The fraction of sp³-hybridized carbons (Fsp3) is 0.632. The lowest BCUT2D eigenvalue weighted by atomic mass is 9.68. The number of halogens is 2.